The van der Waals surface area contributed by atoms with E-state index in [9.17, 15) is 9.36 Å². The summed E-state index contributed by atoms with van der Waals surface area (Å²) in [6, 6.07) is 9.49. The maximum Gasteiger partial charge on any atom is 0.326 e. The van der Waals surface area contributed by atoms with Gasteiger partial charge in [0.2, 0.25) is 0 Å². The number of nitrogens with zero attached hydrogens (tertiary/aromatic N) is 4. The quantitative estimate of drug-likeness (QED) is 0.290. The van der Waals surface area contributed by atoms with Crippen molar-refractivity contribution >= 4 is 30.2 Å². The first-order valence-electron chi connectivity index (χ1n) is 11.2. The van der Waals surface area contributed by atoms with E-state index in [4.69, 9.17) is 15.2 Å². The minimum absolute atomic E-state index is 0.0582. The SMILES string of the molecule is CCCOC(=O)C(C)(C)NP(=O)(COC(C)Cn1cnc2c(N)ncnc21)Cc1ccccc1. The number of carbonyl (C=O) groups is 1. The number of nitrogens with one attached hydrogen (secondary N) is 1. The zero-order valence-electron chi connectivity index (χ0n) is 20.1. The molecule has 11 heteroatoms. The third-order valence-corrected chi connectivity index (χ3v) is 7.57. The molecule has 1 aromatic carbocycles. The van der Waals surface area contributed by atoms with Gasteiger partial charge in [-0.05, 0) is 32.8 Å². The zero-order valence-corrected chi connectivity index (χ0v) is 21.0. The van der Waals surface area contributed by atoms with E-state index < -0.39 is 18.8 Å². The van der Waals surface area contributed by atoms with E-state index in [-0.39, 0.29) is 18.6 Å². The third kappa shape index (κ3) is 6.62. The molecular weight excluding hydrogens is 455 g/mol. The average molecular weight is 489 g/mol. The number of carbonyl (C=O) groups excluding carboxylic acids is 1. The molecule has 34 heavy (non-hydrogen) atoms. The fraction of sp³-hybridized carbons (Fsp3) is 0.478. The largest absolute Gasteiger partial charge is 0.464 e. The lowest BCUT2D eigenvalue weighted by Gasteiger charge is -2.31. The van der Waals surface area contributed by atoms with Crippen LogP contribution in [0, 0.1) is 0 Å². The van der Waals surface area contributed by atoms with Crippen LogP contribution in [0.5, 0.6) is 0 Å². The second-order valence-corrected chi connectivity index (χ2v) is 11.4. The topological polar surface area (TPSA) is 134 Å². The molecule has 0 aliphatic rings. The standard InChI is InChI=1S/C23H33N6O4P/c1-5-11-32-22(30)23(3,4)28-34(31,13-18-9-7-6-8-10-18)16-33-17(2)12-29-15-27-19-20(24)25-14-26-21(19)29/h6-10,14-15,17H,5,11-13,16H2,1-4H3,(H,28,31)(H2,24,25,26). The number of hydrogen-bond acceptors (Lipinski definition) is 8. The molecule has 0 aliphatic heterocycles. The molecule has 0 amide bonds. The maximum atomic E-state index is 14.0. The van der Waals surface area contributed by atoms with E-state index in [0.29, 0.717) is 36.6 Å². The van der Waals surface area contributed by atoms with Gasteiger partial charge in [-0.25, -0.2) is 20.0 Å². The van der Waals surface area contributed by atoms with Gasteiger partial charge in [-0.15, -0.1) is 0 Å². The van der Waals surface area contributed by atoms with Crippen LogP contribution in [-0.2, 0) is 31.5 Å². The molecule has 2 aromatic heterocycles. The Balaban J connectivity index is 1.73. The molecule has 0 aliphatic carbocycles. The second-order valence-electron chi connectivity index (χ2n) is 8.84. The smallest absolute Gasteiger partial charge is 0.326 e. The van der Waals surface area contributed by atoms with Crippen molar-refractivity contribution in [3.8, 4) is 0 Å². The predicted octanol–water partition coefficient (Wildman–Crippen LogP) is 3.57. The van der Waals surface area contributed by atoms with Crippen LogP contribution in [0.15, 0.2) is 43.0 Å². The molecule has 2 heterocycles. The molecule has 0 saturated heterocycles. The van der Waals surface area contributed by atoms with Gasteiger partial charge < -0.3 is 24.3 Å². The molecule has 0 saturated carbocycles. The normalized spacial score (nSPS) is 14.6. The van der Waals surface area contributed by atoms with E-state index in [1.807, 2.05) is 48.7 Å². The van der Waals surface area contributed by atoms with Gasteiger partial charge in [0, 0.05) is 6.16 Å². The number of nitrogen functional groups attached to an aromatic ring is 1. The van der Waals surface area contributed by atoms with Gasteiger partial charge in [0.05, 0.1) is 25.6 Å². The van der Waals surface area contributed by atoms with Crippen molar-refractivity contribution in [3.05, 3.63) is 48.5 Å². The number of fused-ring (bicyclic) bond motifs is 1. The molecule has 0 bridgehead atoms. The number of aromatic nitrogens is 4. The first-order valence-corrected chi connectivity index (χ1v) is 13.3. The van der Waals surface area contributed by atoms with Gasteiger partial charge in [0.15, 0.2) is 18.8 Å². The number of rotatable bonds is 12. The highest BCUT2D eigenvalue weighted by Crippen LogP contribution is 2.47. The zero-order chi connectivity index (χ0) is 24.8. The Morgan fingerprint density at radius 1 is 1.24 bits per heavy atom. The number of hydrogen-bond donors (Lipinski definition) is 2. The molecule has 0 spiro atoms. The molecule has 2 unspecified atom stereocenters. The Morgan fingerprint density at radius 2 is 1.97 bits per heavy atom. The molecular formula is C23H33N6O4P. The molecule has 10 nitrogen and oxygen atoms in total. The molecule has 3 N–H and O–H groups in total. The van der Waals surface area contributed by atoms with Crippen LogP contribution in [-0.4, -0.2) is 50.1 Å². The monoisotopic (exact) mass is 488 g/mol. The summed E-state index contributed by atoms with van der Waals surface area (Å²) >= 11 is 0. The van der Waals surface area contributed by atoms with E-state index in [1.165, 1.54) is 6.33 Å². The van der Waals surface area contributed by atoms with E-state index >= 15 is 0 Å². The summed E-state index contributed by atoms with van der Waals surface area (Å²) < 4.78 is 27.2. The van der Waals surface area contributed by atoms with Crippen LogP contribution >= 0.6 is 7.29 Å². The Hall–Kier alpha value is -2.81. The van der Waals surface area contributed by atoms with Gasteiger partial charge in [0.25, 0.3) is 0 Å². The van der Waals surface area contributed by atoms with Crippen molar-refractivity contribution < 1.29 is 18.8 Å². The van der Waals surface area contributed by atoms with Crippen molar-refractivity contribution in [1.29, 1.82) is 0 Å². The van der Waals surface area contributed by atoms with Crippen LogP contribution < -0.4 is 10.8 Å². The van der Waals surface area contributed by atoms with Crippen LogP contribution in [0.25, 0.3) is 11.2 Å². The Labute approximate surface area is 199 Å². The van der Waals surface area contributed by atoms with Crippen LogP contribution in [0.2, 0.25) is 0 Å². The fourth-order valence-corrected chi connectivity index (χ4v) is 6.18. The van der Waals surface area contributed by atoms with Crippen LogP contribution in [0.4, 0.5) is 5.82 Å². The summed E-state index contributed by atoms with van der Waals surface area (Å²) in [5.74, 6) is -0.135. The van der Waals surface area contributed by atoms with Crippen molar-refractivity contribution in [2.45, 2.75) is 58.5 Å². The molecule has 2 atom stereocenters. The van der Waals surface area contributed by atoms with Crippen molar-refractivity contribution in [2.75, 3.05) is 18.7 Å². The number of benzene rings is 1. The minimum atomic E-state index is -3.19. The number of esters is 1. The average Bonchev–Trinajstić information content (AvgIpc) is 3.20. The lowest BCUT2D eigenvalue weighted by molar-refractivity contribution is -0.149. The molecule has 3 rings (SSSR count). The molecule has 184 valence electrons. The Bertz CT molecular complexity index is 1150. The first-order chi connectivity index (χ1) is 16.1. The van der Waals surface area contributed by atoms with Crippen molar-refractivity contribution in [1.82, 2.24) is 24.6 Å². The number of nitrogens with two attached hydrogens (primary N) is 1. The lowest BCUT2D eigenvalue weighted by Crippen LogP contribution is -2.47. The number of imidazole rings is 1. The highest BCUT2D eigenvalue weighted by atomic mass is 31.2. The predicted molar refractivity (Wildman–Crippen MR) is 131 cm³/mol. The van der Waals surface area contributed by atoms with Crippen LogP contribution in [0.3, 0.4) is 0 Å². The lowest BCUT2D eigenvalue weighted by atomic mass is 10.1. The van der Waals surface area contributed by atoms with Crippen molar-refractivity contribution in [2.24, 2.45) is 0 Å². The fourth-order valence-electron chi connectivity index (χ4n) is 3.54. The molecule has 3 aromatic rings. The van der Waals surface area contributed by atoms with E-state index in [1.54, 1.807) is 20.2 Å². The molecule has 0 radical (unpaired) electrons. The highest BCUT2D eigenvalue weighted by Gasteiger charge is 2.37. The van der Waals surface area contributed by atoms with Gasteiger partial charge in [-0.1, -0.05) is 37.3 Å². The Morgan fingerprint density at radius 3 is 2.68 bits per heavy atom. The number of anilines is 1. The maximum absolute atomic E-state index is 14.0. The third-order valence-electron chi connectivity index (χ3n) is 5.16. The highest BCUT2D eigenvalue weighted by molar-refractivity contribution is 7.61. The molecule has 0 fully saturated rings. The minimum Gasteiger partial charge on any atom is -0.464 e. The van der Waals surface area contributed by atoms with Gasteiger partial charge >= 0.3 is 5.97 Å². The summed E-state index contributed by atoms with van der Waals surface area (Å²) in [5.41, 5.74) is 6.74. The summed E-state index contributed by atoms with van der Waals surface area (Å²) in [7, 11) is -3.19. The van der Waals surface area contributed by atoms with Gasteiger partial charge in [0.1, 0.15) is 23.7 Å². The summed E-state index contributed by atoms with van der Waals surface area (Å²) in [4.78, 5) is 25.0. The Kier molecular flexibility index (Phi) is 8.41. The summed E-state index contributed by atoms with van der Waals surface area (Å²) in [6.07, 6.45) is 3.60. The van der Waals surface area contributed by atoms with Gasteiger partial charge in [-0.3, -0.25) is 4.79 Å². The summed E-state index contributed by atoms with van der Waals surface area (Å²) in [6.45, 7) is 7.90. The van der Waals surface area contributed by atoms with Gasteiger partial charge in [-0.2, -0.15) is 0 Å². The first kappa shape index (κ1) is 25.8. The summed E-state index contributed by atoms with van der Waals surface area (Å²) in [5, 5.41) is 3.08. The van der Waals surface area contributed by atoms with E-state index in [0.717, 1.165) is 5.56 Å². The number of ether oxygens (including phenoxy) is 2. The second kappa shape index (κ2) is 11.1. The van der Waals surface area contributed by atoms with E-state index in [2.05, 4.69) is 20.0 Å². The van der Waals surface area contributed by atoms with Crippen LogP contribution in [0.1, 0.15) is 39.7 Å². The van der Waals surface area contributed by atoms with Crippen molar-refractivity contribution in [3.63, 3.8) is 0 Å².